The van der Waals surface area contributed by atoms with Gasteiger partial charge in [0.2, 0.25) is 5.89 Å². The summed E-state index contributed by atoms with van der Waals surface area (Å²) >= 11 is 6.06. The van der Waals surface area contributed by atoms with Crippen LogP contribution in [0.3, 0.4) is 0 Å². The molecule has 32 heavy (non-hydrogen) atoms. The lowest BCUT2D eigenvalue weighted by Gasteiger charge is -2.21. The summed E-state index contributed by atoms with van der Waals surface area (Å²) in [6.07, 6.45) is 3.87. The third kappa shape index (κ3) is 4.03. The Morgan fingerprint density at radius 2 is 2.09 bits per heavy atom. The maximum absolute atomic E-state index is 14.1. The van der Waals surface area contributed by atoms with Crippen molar-refractivity contribution in [1.29, 1.82) is 0 Å². The first-order chi connectivity index (χ1) is 15.6. The lowest BCUT2D eigenvalue weighted by molar-refractivity contribution is 0.0708. The summed E-state index contributed by atoms with van der Waals surface area (Å²) in [5, 5.41) is 7.56. The van der Waals surface area contributed by atoms with Crippen molar-refractivity contribution < 1.29 is 13.6 Å². The Hall–Kier alpha value is -3.45. The third-order valence-corrected chi connectivity index (χ3v) is 5.83. The number of aromatic nitrogens is 3. The average Bonchev–Trinajstić information content (AvgIpc) is 3.54. The molecule has 1 fully saturated rings. The molecule has 1 atom stereocenters. The number of nitrogens with one attached hydrogen (secondary N) is 1. The number of likely N-dealkylation sites (tertiary alicyclic amines) is 1. The summed E-state index contributed by atoms with van der Waals surface area (Å²) in [5.74, 6) is 0.632. The highest BCUT2D eigenvalue weighted by Gasteiger charge is 2.34. The lowest BCUT2D eigenvalue weighted by atomic mass is 10.1. The monoisotopic (exact) mass is 450 g/mol. The van der Waals surface area contributed by atoms with Gasteiger partial charge < -0.3 is 9.32 Å². The number of H-pyrrole nitrogens is 1. The molecule has 2 aromatic heterocycles. The van der Waals surface area contributed by atoms with Crippen molar-refractivity contribution >= 4 is 17.5 Å². The zero-order valence-electron chi connectivity index (χ0n) is 17.1. The highest BCUT2D eigenvalue weighted by atomic mass is 35.5. The number of halogens is 2. The maximum atomic E-state index is 14.1. The highest BCUT2D eigenvalue weighted by molar-refractivity contribution is 6.30. The number of oxazole rings is 1. The fourth-order valence-electron chi connectivity index (χ4n) is 4.07. The number of benzene rings is 2. The Bertz CT molecular complexity index is 1270. The standard InChI is InChI=1S/C24H20ClFN4O2/c25-16-6-3-5-15(11-16)12-17-14-27-23(32-17)22-9-4-10-30(22)24(31)21-13-20(28-29-21)18-7-1-2-8-19(18)26/h1-3,5-8,11,13-14,22H,4,9-10,12H2,(H,28,29)/t22-/m1/s1. The van der Waals surface area contributed by atoms with E-state index in [1.54, 1.807) is 35.4 Å². The molecule has 1 saturated heterocycles. The number of carbonyl (C=O) groups excluding carboxylic acids is 1. The zero-order chi connectivity index (χ0) is 22.1. The quantitative estimate of drug-likeness (QED) is 0.440. The second kappa shape index (κ2) is 8.59. The largest absolute Gasteiger partial charge is 0.443 e. The molecule has 1 aliphatic heterocycles. The van der Waals surface area contributed by atoms with Crippen molar-refractivity contribution in [2.24, 2.45) is 0 Å². The van der Waals surface area contributed by atoms with Crippen molar-refractivity contribution in [1.82, 2.24) is 20.1 Å². The van der Waals surface area contributed by atoms with Crippen LogP contribution in [0.25, 0.3) is 11.3 Å². The predicted octanol–water partition coefficient (Wildman–Crippen LogP) is 5.43. The van der Waals surface area contributed by atoms with Crippen LogP contribution in [0, 0.1) is 5.82 Å². The average molecular weight is 451 g/mol. The summed E-state index contributed by atoms with van der Waals surface area (Å²) < 4.78 is 20.1. The molecule has 3 heterocycles. The molecular weight excluding hydrogens is 431 g/mol. The molecule has 1 aliphatic rings. The number of rotatable bonds is 5. The van der Waals surface area contributed by atoms with E-state index in [0.29, 0.717) is 46.6 Å². The fraction of sp³-hybridized carbons (Fsp3) is 0.208. The van der Waals surface area contributed by atoms with Gasteiger partial charge in [-0.3, -0.25) is 9.89 Å². The number of aromatic amines is 1. The molecule has 1 N–H and O–H groups in total. The van der Waals surface area contributed by atoms with Crippen LogP contribution in [0.2, 0.25) is 5.02 Å². The van der Waals surface area contributed by atoms with Gasteiger partial charge in [0.1, 0.15) is 23.3 Å². The summed E-state index contributed by atoms with van der Waals surface area (Å²) in [6.45, 7) is 0.587. The van der Waals surface area contributed by atoms with Crippen LogP contribution < -0.4 is 0 Å². The van der Waals surface area contributed by atoms with Crippen LogP contribution >= 0.6 is 11.6 Å². The van der Waals surface area contributed by atoms with Crippen molar-refractivity contribution in [2.45, 2.75) is 25.3 Å². The van der Waals surface area contributed by atoms with E-state index < -0.39 is 0 Å². The van der Waals surface area contributed by atoms with E-state index in [2.05, 4.69) is 15.2 Å². The maximum Gasteiger partial charge on any atom is 0.272 e. The summed E-state index contributed by atoms with van der Waals surface area (Å²) in [4.78, 5) is 19.3. The summed E-state index contributed by atoms with van der Waals surface area (Å²) in [7, 11) is 0. The van der Waals surface area contributed by atoms with Gasteiger partial charge in [-0.2, -0.15) is 5.10 Å². The van der Waals surface area contributed by atoms with E-state index in [9.17, 15) is 9.18 Å². The molecule has 0 unspecified atom stereocenters. The van der Waals surface area contributed by atoms with E-state index in [1.165, 1.54) is 6.07 Å². The fourth-order valence-corrected chi connectivity index (χ4v) is 4.28. The number of amides is 1. The Kier molecular flexibility index (Phi) is 5.49. The van der Waals surface area contributed by atoms with Crippen LogP contribution in [0.1, 0.15) is 46.6 Å². The van der Waals surface area contributed by atoms with Crippen molar-refractivity contribution in [3.05, 3.63) is 94.5 Å². The molecule has 0 saturated carbocycles. The first-order valence-corrected chi connectivity index (χ1v) is 10.8. The van der Waals surface area contributed by atoms with Gasteiger partial charge in [-0.1, -0.05) is 35.9 Å². The topological polar surface area (TPSA) is 75.0 Å². The van der Waals surface area contributed by atoms with Crippen LogP contribution in [-0.2, 0) is 6.42 Å². The molecule has 6 nitrogen and oxygen atoms in total. The molecule has 1 amide bonds. The molecule has 2 aromatic carbocycles. The van der Waals surface area contributed by atoms with Gasteiger partial charge in [-0.25, -0.2) is 9.37 Å². The van der Waals surface area contributed by atoms with E-state index >= 15 is 0 Å². The molecule has 5 rings (SSSR count). The van der Waals surface area contributed by atoms with Gasteiger partial charge in [0.05, 0.1) is 11.9 Å². The van der Waals surface area contributed by atoms with Crippen LogP contribution in [0.4, 0.5) is 4.39 Å². The van der Waals surface area contributed by atoms with E-state index in [-0.39, 0.29) is 17.8 Å². The molecule has 8 heteroatoms. The van der Waals surface area contributed by atoms with E-state index in [0.717, 1.165) is 18.4 Å². The minimum Gasteiger partial charge on any atom is -0.443 e. The smallest absolute Gasteiger partial charge is 0.272 e. The Balaban J connectivity index is 1.33. The minimum absolute atomic E-state index is 0.211. The first kappa shape index (κ1) is 20.5. The Labute approximate surface area is 189 Å². The van der Waals surface area contributed by atoms with Gasteiger partial charge in [-0.05, 0) is 48.7 Å². The number of carbonyl (C=O) groups is 1. The zero-order valence-corrected chi connectivity index (χ0v) is 17.8. The van der Waals surface area contributed by atoms with Gasteiger partial charge in [0.15, 0.2) is 0 Å². The molecule has 0 aliphatic carbocycles. The molecule has 0 radical (unpaired) electrons. The Morgan fingerprint density at radius 1 is 1.22 bits per heavy atom. The predicted molar refractivity (Wildman–Crippen MR) is 118 cm³/mol. The van der Waals surface area contributed by atoms with Crippen LogP contribution in [0.5, 0.6) is 0 Å². The SMILES string of the molecule is O=C(c1cc(-c2ccccc2F)n[nH]1)N1CCC[C@@H]1c1ncc(Cc2cccc(Cl)c2)o1. The number of nitrogens with zero attached hydrogens (tertiary/aromatic N) is 3. The lowest BCUT2D eigenvalue weighted by Crippen LogP contribution is -2.31. The van der Waals surface area contributed by atoms with Crippen LogP contribution in [0.15, 0.2) is 65.2 Å². The Morgan fingerprint density at radius 3 is 2.94 bits per heavy atom. The van der Waals surface area contributed by atoms with Crippen molar-refractivity contribution in [2.75, 3.05) is 6.54 Å². The number of hydrogen-bond donors (Lipinski definition) is 1. The van der Waals surface area contributed by atoms with Crippen molar-refractivity contribution in [3.8, 4) is 11.3 Å². The number of hydrogen-bond acceptors (Lipinski definition) is 4. The van der Waals surface area contributed by atoms with Gasteiger partial charge in [0.25, 0.3) is 5.91 Å². The molecule has 162 valence electrons. The second-order valence-corrected chi connectivity index (χ2v) is 8.21. The van der Waals surface area contributed by atoms with Crippen LogP contribution in [-0.4, -0.2) is 32.5 Å². The van der Waals surface area contributed by atoms with Gasteiger partial charge >= 0.3 is 0 Å². The van der Waals surface area contributed by atoms with Gasteiger partial charge in [0, 0.05) is 23.6 Å². The molecule has 0 bridgehead atoms. The molecule has 4 aromatic rings. The third-order valence-electron chi connectivity index (χ3n) is 5.60. The minimum atomic E-state index is -0.385. The highest BCUT2D eigenvalue weighted by Crippen LogP contribution is 2.33. The first-order valence-electron chi connectivity index (χ1n) is 10.4. The van der Waals surface area contributed by atoms with E-state index in [1.807, 2.05) is 24.3 Å². The van der Waals surface area contributed by atoms with E-state index in [4.69, 9.17) is 16.0 Å². The normalized spacial score (nSPS) is 15.9. The van der Waals surface area contributed by atoms with Gasteiger partial charge in [-0.15, -0.1) is 0 Å². The second-order valence-electron chi connectivity index (χ2n) is 7.77. The summed E-state index contributed by atoms with van der Waals surface area (Å²) in [6, 6.07) is 15.3. The molecule has 0 spiro atoms. The molecular formula is C24H20ClFN4O2. The van der Waals surface area contributed by atoms with Crippen molar-refractivity contribution in [3.63, 3.8) is 0 Å². The summed E-state index contributed by atoms with van der Waals surface area (Å²) in [5.41, 5.74) is 2.07.